The first-order valence-electron chi connectivity index (χ1n) is 7.88. The Bertz CT molecular complexity index is 705. The largest absolute Gasteiger partial charge is 0.481 e. The highest BCUT2D eigenvalue weighted by atomic mass is 16.6. The first kappa shape index (κ1) is 18.4. The quantitative estimate of drug-likeness (QED) is 0.519. The molecule has 2 rings (SSSR count). The number of rotatable bonds is 6. The molecule has 1 saturated carbocycles. The number of nitro groups is 1. The standard InChI is InChI=1S/C16H19N3O6/c1-9(14(20)18-13-7-3-6-12(13)16(22)23)17-15(21)10-4-2-5-11(8-10)19(24)25/h2,4-5,8-9,12-13H,3,6-7H2,1H3,(H,17,21)(H,18,20)(H,22,23)/t9?,12-,13+/m0/s1. The molecule has 0 saturated heterocycles. The maximum Gasteiger partial charge on any atom is 0.308 e. The van der Waals surface area contributed by atoms with Crippen LogP contribution in [0.25, 0.3) is 0 Å². The summed E-state index contributed by atoms with van der Waals surface area (Å²) in [6, 6.07) is 3.82. The molecule has 0 heterocycles. The molecule has 9 heteroatoms. The second kappa shape index (κ2) is 7.73. The first-order chi connectivity index (χ1) is 11.8. The summed E-state index contributed by atoms with van der Waals surface area (Å²) >= 11 is 0. The first-order valence-corrected chi connectivity index (χ1v) is 7.88. The molecule has 1 unspecified atom stereocenters. The number of carboxylic acid groups (broad SMARTS) is 1. The number of carbonyl (C=O) groups excluding carboxylic acids is 2. The van der Waals surface area contributed by atoms with E-state index in [0.717, 1.165) is 12.5 Å². The lowest BCUT2D eigenvalue weighted by atomic mass is 10.0. The summed E-state index contributed by atoms with van der Waals surface area (Å²) < 4.78 is 0. The van der Waals surface area contributed by atoms with E-state index >= 15 is 0 Å². The number of carbonyl (C=O) groups is 3. The molecule has 1 aliphatic carbocycles. The number of non-ortho nitro benzene ring substituents is 1. The van der Waals surface area contributed by atoms with Crippen LogP contribution >= 0.6 is 0 Å². The van der Waals surface area contributed by atoms with Gasteiger partial charge in [-0.25, -0.2) is 0 Å². The van der Waals surface area contributed by atoms with Crippen LogP contribution in [-0.2, 0) is 9.59 Å². The molecule has 9 nitrogen and oxygen atoms in total. The predicted molar refractivity (Wildman–Crippen MR) is 86.9 cm³/mol. The van der Waals surface area contributed by atoms with Crippen molar-refractivity contribution in [2.45, 2.75) is 38.3 Å². The van der Waals surface area contributed by atoms with Crippen LogP contribution in [-0.4, -0.2) is 39.9 Å². The van der Waals surface area contributed by atoms with Gasteiger partial charge in [0.1, 0.15) is 6.04 Å². The molecule has 0 bridgehead atoms. The van der Waals surface area contributed by atoms with Crippen LogP contribution < -0.4 is 10.6 Å². The van der Waals surface area contributed by atoms with E-state index in [1.54, 1.807) is 0 Å². The van der Waals surface area contributed by atoms with Crippen molar-refractivity contribution in [3.63, 3.8) is 0 Å². The van der Waals surface area contributed by atoms with E-state index in [9.17, 15) is 24.5 Å². The van der Waals surface area contributed by atoms with Gasteiger partial charge in [-0.15, -0.1) is 0 Å². The Morgan fingerprint density at radius 1 is 1.32 bits per heavy atom. The van der Waals surface area contributed by atoms with Gasteiger partial charge in [0, 0.05) is 23.7 Å². The molecule has 25 heavy (non-hydrogen) atoms. The van der Waals surface area contributed by atoms with Gasteiger partial charge in [0.15, 0.2) is 0 Å². The second-order valence-electron chi connectivity index (χ2n) is 5.99. The number of nitro benzene ring substituents is 1. The van der Waals surface area contributed by atoms with Crippen LogP contribution in [0.1, 0.15) is 36.5 Å². The molecule has 1 aromatic carbocycles. The van der Waals surface area contributed by atoms with Gasteiger partial charge in [0.2, 0.25) is 5.91 Å². The number of amides is 2. The molecule has 1 aliphatic rings. The third kappa shape index (κ3) is 4.52. The molecular weight excluding hydrogens is 330 g/mol. The normalized spacial score (nSPS) is 20.5. The highest BCUT2D eigenvalue weighted by Crippen LogP contribution is 2.25. The van der Waals surface area contributed by atoms with E-state index in [-0.39, 0.29) is 11.3 Å². The second-order valence-corrected chi connectivity index (χ2v) is 5.99. The van der Waals surface area contributed by atoms with Crippen molar-refractivity contribution in [2.24, 2.45) is 5.92 Å². The van der Waals surface area contributed by atoms with E-state index < -0.39 is 40.7 Å². The summed E-state index contributed by atoms with van der Waals surface area (Å²) in [5.41, 5.74) is -0.155. The molecule has 2 amide bonds. The van der Waals surface area contributed by atoms with E-state index in [1.807, 2.05) is 0 Å². The van der Waals surface area contributed by atoms with Gasteiger partial charge in [-0.05, 0) is 25.8 Å². The number of nitrogens with zero attached hydrogens (tertiary/aromatic N) is 1. The minimum Gasteiger partial charge on any atom is -0.481 e. The van der Waals surface area contributed by atoms with E-state index in [4.69, 9.17) is 5.11 Å². The maximum atomic E-state index is 12.2. The topological polar surface area (TPSA) is 139 Å². The van der Waals surface area contributed by atoms with Gasteiger partial charge in [0.05, 0.1) is 10.8 Å². The Morgan fingerprint density at radius 2 is 2.04 bits per heavy atom. The van der Waals surface area contributed by atoms with E-state index in [0.29, 0.717) is 12.8 Å². The number of hydrogen-bond donors (Lipinski definition) is 3. The maximum absolute atomic E-state index is 12.2. The molecule has 1 aromatic rings. The molecule has 1 fully saturated rings. The number of benzene rings is 1. The molecule has 134 valence electrons. The van der Waals surface area contributed by atoms with Crippen LogP contribution in [0.4, 0.5) is 5.69 Å². The highest BCUT2D eigenvalue weighted by molar-refractivity contribution is 5.98. The molecule has 0 spiro atoms. The molecule has 3 atom stereocenters. The third-order valence-corrected chi connectivity index (χ3v) is 4.22. The third-order valence-electron chi connectivity index (χ3n) is 4.22. The summed E-state index contributed by atoms with van der Waals surface area (Å²) in [6.45, 7) is 1.47. The summed E-state index contributed by atoms with van der Waals surface area (Å²) in [7, 11) is 0. The minimum atomic E-state index is -0.948. The van der Waals surface area contributed by atoms with Crippen LogP contribution in [0.3, 0.4) is 0 Å². The van der Waals surface area contributed by atoms with Gasteiger partial charge in [-0.2, -0.15) is 0 Å². The van der Waals surface area contributed by atoms with Gasteiger partial charge < -0.3 is 15.7 Å². The lowest BCUT2D eigenvalue weighted by Crippen LogP contribution is -2.49. The fraction of sp³-hybridized carbons (Fsp3) is 0.438. The zero-order valence-electron chi connectivity index (χ0n) is 13.6. The summed E-state index contributed by atoms with van der Waals surface area (Å²) in [4.78, 5) is 45.6. The van der Waals surface area contributed by atoms with Gasteiger partial charge in [-0.1, -0.05) is 12.5 Å². The van der Waals surface area contributed by atoms with Gasteiger partial charge >= 0.3 is 5.97 Å². The SMILES string of the molecule is CC(NC(=O)c1cccc([N+](=O)[O-])c1)C(=O)N[C@@H]1CCC[C@@H]1C(=O)O. The van der Waals surface area contributed by atoms with Crippen LogP contribution in [0.5, 0.6) is 0 Å². The van der Waals surface area contributed by atoms with Crippen molar-refractivity contribution in [1.82, 2.24) is 10.6 Å². The highest BCUT2D eigenvalue weighted by Gasteiger charge is 2.34. The average Bonchev–Trinajstić information content (AvgIpc) is 3.03. The lowest BCUT2D eigenvalue weighted by Gasteiger charge is -2.21. The lowest BCUT2D eigenvalue weighted by molar-refractivity contribution is -0.384. The van der Waals surface area contributed by atoms with Crippen LogP contribution in [0.15, 0.2) is 24.3 Å². The van der Waals surface area contributed by atoms with Crippen molar-refractivity contribution in [3.8, 4) is 0 Å². The minimum absolute atomic E-state index is 0.0677. The number of hydrogen-bond acceptors (Lipinski definition) is 5. The molecule has 0 aliphatic heterocycles. The molecule has 0 radical (unpaired) electrons. The van der Waals surface area contributed by atoms with Crippen LogP contribution in [0.2, 0.25) is 0 Å². The Hall–Kier alpha value is -2.97. The van der Waals surface area contributed by atoms with Crippen molar-refractivity contribution < 1.29 is 24.4 Å². The smallest absolute Gasteiger partial charge is 0.308 e. The van der Waals surface area contributed by atoms with E-state index in [2.05, 4.69) is 10.6 Å². The van der Waals surface area contributed by atoms with Crippen molar-refractivity contribution in [1.29, 1.82) is 0 Å². The predicted octanol–water partition coefficient (Wildman–Crippen LogP) is 1.08. The monoisotopic (exact) mass is 349 g/mol. The molecular formula is C16H19N3O6. The van der Waals surface area contributed by atoms with Crippen LogP contribution in [0, 0.1) is 16.0 Å². The fourth-order valence-electron chi connectivity index (χ4n) is 2.84. The zero-order chi connectivity index (χ0) is 18.6. The average molecular weight is 349 g/mol. The Kier molecular flexibility index (Phi) is 5.68. The number of carboxylic acids is 1. The Morgan fingerprint density at radius 3 is 2.68 bits per heavy atom. The van der Waals surface area contributed by atoms with Crippen molar-refractivity contribution in [3.05, 3.63) is 39.9 Å². The zero-order valence-corrected chi connectivity index (χ0v) is 13.6. The summed E-state index contributed by atoms with van der Waals surface area (Å²) in [5, 5.41) is 25.0. The van der Waals surface area contributed by atoms with E-state index in [1.165, 1.54) is 25.1 Å². The van der Waals surface area contributed by atoms with Crippen molar-refractivity contribution >= 4 is 23.5 Å². The number of aliphatic carboxylic acids is 1. The summed E-state index contributed by atoms with van der Waals surface area (Å²) in [5.74, 6) is -2.68. The van der Waals surface area contributed by atoms with Gasteiger partial charge in [-0.3, -0.25) is 24.5 Å². The summed E-state index contributed by atoms with van der Waals surface area (Å²) in [6.07, 6.45) is 1.80. The Labute approximate surface area is 143 Å². The molecule has 0 aromatic heterocycles. The van der Waals surface area contributed by atoms with Crippen molar-refractivity contribution in [2.75, 3.05) is 0 Å². The molecule has 3 N–H and O–H groups in total. The fourth-order valence-corrected chi connectivity index (χ4v) is 2.84. The number of nitrogens with one attached hydrogen (secondary N) is 2. The Balaban J connectivity index is 1.96. The van der Waals surface area contributed by atoms with Gasteiger partial charge in [0.25, 0.3) is 11.6 Å².